The van der Waals surface area contributed by atoms with E-state index in [2.05, 4.69) is 4.90 Å². The van der Waals surface area contributed by atoms with Gasteiger partial charge in [0.2, 0.25) is 15.9 Å². The molecule has 198 valence electrons. The van der Waals surface area contributed by atoms with E-state index in [1.54, 1.807) is 6.07 Å². The third-order valence-corrected chi connectivity index (χ3v) is 9.53. The molecule has 1 aliphatic carbocycles. The minimum atomic E-state index is -3.20. The molecular formula is C26H37N3O6S. The molecule has 1 aromatic carbocycles. The van der Waals surface area contributed by atoms with Gasteiger partial charge in [0.25, 0.3) is 0 Å². The second-order valence-electron chi connectivity index (χ2n) is 10.8. The molecule has 5 rings (SSSR count). The maximum atomic E-state index is 13.1. The minimum absolute atomic E-state index is 0.0382. The first kappa shape index (κ1) is 25.5. The summed E-state index contributed by atoms with van der Waals surface area (Å²) in [7, 11) is -1.30. The van der Waals surface area contributed by atoms with Gasteiger partial charge in [-0.25, -0.2) is 13.2 Å². The summed E-state index contributed by atoms with van der Waals surface area (Å²) in [6.07, 6.45) is 7.42. The van der Waals surface area contributed by atoms with Crippen molar-refractivity contribution in [3.8, 4) is 5.75 Å². The normalized spacial score (nSPS) is 27.4. The van der Waals surface area contributed by atoms with Crippen LogP contribution in [0.4, 0.5) is 0 Å². The van der Waals surface area contributed by atoms with Crippen LogP contribution in [-0.4, -0.2) is 93.1 Å². The largest absolute Gasteiger partial charge is 0.488 e. The standard InChI is InChI=1S/C26H37N3O6S/c1-27(14-15-28-12-4-3-5-13-28)24(30)19-8-10-26(11-9-19)23-7-6-20(16-22(23)25(31)35-26)34-21-17-29(18-21)36(2,32)33/h6-7,16,19,21H,3-5,8-15,17-18H2,1-2H3/t19-,26-. The van der Waals surface area contributed by atoms with Crippen molar-refractivity contribution in [3.63, 3.8) is 0 Å². The Kier molecular flexibility index (Phi) is 7.04. The number of nitrogens with zero attached hydrogens (tertiary/aromatic N) is 3. The molecule has 0 radical (unpaired) electrons. The second-order valence-corrected chi connectivity index (χ2v) is 12.8. The summed E-state index contributed by atoms with van der Waals surface area (Å²) in [4.78, 5) is 30.2. The number of sulfonamides is 1. The van der Waals surface area contributed by atoms with Crippen LogP contribution in [0, 0.1) is 5.92 Å². The Labute approximate surface area is 213 Å². The number of esters is 1. The molecule has 1 aromatic rings. The molecule has 2 saturated heterocycles. The summed E-state index contributed by atoms with van der Waals surface area (Å²) in [5, 5.41) is 0. The van der Waals surface area contributed by atoms with Crippen LogP contribution in [0.15, 0.2) is 18.2 Å². The van der Waals surface area contributed by atoms with Crippen molar-refractivity contribution in [2.24, 2.45) is 5.92 Å². The number of benzene rings is 1. The van der Waals surface area contributed by atoms with E-state index in [0.29, 0.717) is 50.1 Å². The van der Waals surface area contributed by atoms with Gasteiger partial charge in [-0.05, 0) is 63.7 Å². The second kappa shape index (κ2) is 9.95. The number of piperidine rings is 1. The van der Waals surface area contributed by atoms with Gasteiger partial charge in [-0.15, -0.1) is 0 Å². The zero-order valence-corrected chi connectivity index (χ0v) is 22.1. The average molecular weight is 520 g/mol. The molecule has 3 aliphatic heterocycles. The zero-order chi connectivity index (χ0) is 25.5. The zero-order valence-electron chi connectivity index (χ0n) is 21.3. The van der Waals surface area contributed by atoms with Crippen molar-refractivity contribution in [2.45, 2.75) is 56.7 Å². The van der Waals surface area contributed by atoms with Crippen LogP contribution in [-0.2, 0) is 25.2 Å². The number of likely N-dealkylation sites (tertiary alicyclic amines) is 1. The van der Waals surface area contributed by atoms with Crippen LogP contribution >= 0.6 is 0 Å². The molecule has 10 heteroatoms. The Morgan fingerprint density at radius 3 is 2.53 bits per heavy atom. The lowest BCUT2D eigenvalue weighted by molar-refractivity contribution is -0.137. The van der Waals surface area contributed by atoms with Gasteiger partial charge in [0.1, 0.15) is 17.5 Å². The van der Waals surface area contributed by atoms with Crippen LogP contribution in [0.2, 0.25) is 0 Å². The van der Waals surface area contributed by atoms with Crippen molar-refractivity contribution in [3.05, 3.63) is 29.3 Å². The number of carbonyl (C=O) groups excluding carboxylic acids is 2. The Morgan fingerprint density at radius 1 is 1.17 bits per heavy atom. The quantitative estimate of drug-likeness (QED) is 0.510. The monoisotopic (exact) mass is 519 g/mol. The highest BCUT2D eigenvalue weighted by Crippen LogP contribution is 2.49. The van der Waals surface area contributed by atoms with Gasteiger partial charge in [-0.2, -0.15) is 4.31 Å². The maximum absolute atomic E-state index is 13.1. The molecule has 1 spiro atoms. The van der Waals surface area contributed by atoms with Crippen molar-refractivity contribution >= 4 is 21.9 Å². The molecule has 3 fully saturated rings. The molecule has 4 aliphatic rings. The van der Waals surface area contributed by atoms with Crippen LogP contribution in [0.25, 0.3) is 0 Å². The number of likely N-dealkylation sites (N-methyl/N-ethyl adjacent to an activating group) is 1. The topological polar surface area (TPSA) is 96.5 Å². The lowest BCUT2D eigenvalue weighted by Crippen LogP contribution is -2.55. The Bertz CT molecular complexity index is 1100. The third-order valence-electron chi connectivity index (χ3n) is 8.30. The fourth-order valence-corrected chi connectivity index (χ4v) is 6.86. The van der Waals surface area contributed by atoms with E-state index in [4.69, 9.17) is 9.47 Å². The molecule has 0 aromatic heterocycles. The summed E-state index contributed by atoms with van der Waals surface area (Å²) in [6, 6.07) is 5.44. The average Bonchev–Trinajstić information content (AvgIpc) is 3.10. The van der Waals surface area contributed by atoms with E-state index in [1.807, 2.05) is 24.1 Å². The minimum Gasteiger partial charge on any atom is -0.488 e. The Balaban J connectivity index is 1.16. The maximum Gasteiger partial charge on any atom is 0.339 e. The lowest BCUT2D eigenvalue weighted by Gasteiger charge is -2.38. The predicted octanol–water partition coefficient (Wildman–Crippen LogP) is 2.21. The first-order valence-electron chi connectivity index (χ1n) is 13.1. The highest BCUT2D eigenvalue weighted by atomic mass is 32.2. The van der Waals surface area contributed by atoms with Crippen molar-refractivity contribution < 1.29 is 27.5 Å². The van der Waals surface area contributed by atoms with Gasteiger partial charge < -0.3 is 19.3 Å². The first-order chi connectivity index (χ1) is 17.1. The van der Waals surface area contributed by atoms with Gasteiger partial charge in [0.15, 0.2) is 0 Å². The Hall–Kier alpha value is -2.17. The van der Waals surface area contributed by atoms with E-state index < -0.39 is 15.6 Å². The Morgan fingerprint density at radius 2 is 1.86 bits per heavy atom. The van der Waals surface area contributed by atoms with Gasteiger partial charge in [-0.3, -0.25) is 4.79 Å². The van der Waals surface area contributed by atoms with E-state index >= 15 is 0 Å². The summed E-state index contributed by atoms with van der Waals surface area (Å²) >= 11 is 0. The fourth-order valence-electron chi connectivity index (χ4n) is 5.99. The first-order valence-corrected chi connectivity index (χ1v) is 15.0. The van der Waals surface area contributed by atoms with Crippen LogP contribution in [0.1, 0.15) is 60.9 Å². The molecule has 0 bridgehead atoms. The van der Waals surface area contributed by atoms with Crippen molar-refractivity contribution in [1.29, 1.82) is 0 Å². The molecule has 0 N–H and O–H groups in total. The van der Waals surface area contributed by atoms with E-state index in [1.165, 1.54) is 29.8 Å². The van der Waals surface area contributed by atoms with E-state index in [-0.39, 0.29) is 23.9 Å². The van der Waals surface area contributed by atoms with Crippen LogP contribution in [0.5, 0.6) is 5.75 Å². The van der Waals surface area contributed by atoms with E-state index in [9.17, 15) is 18.0 Å². The fraction of sp³-hybridized carbons (Fsp3) is 0.692. The van der Waals surface area contributed by atoms with Crippen LogP contribution < -0.4 is 4.74 Å². The SMILES string of the molecule is CN(CCN1CCCCC1)C(=O)[C@H]1CC[C@@]2(CC1)OC(=O)c1cc(OC3CN(S(C)(=O)=O)C3)ccc12. The molecular weight excluding hydrogens is 482 g/mol. The molecule has 1 saturated carbocycles. The number of amides is 1. The summed E-state index contributed by atoms with van der Waals surface area (Å²) in [5.74, 6) is 0.341. The molecule has 9 nitrogen and oxygen atoms in total. The highest BCUT2D eigenvalue weighted by Gasteiger charge is 2.49. The summed E-state index contributed by atoms with van der Waals surface area (Å²) in [6.45, 7) is 4.57. The van der Waals surface area contributed by atoms with Gasteiger partial charge >= 0.3 is 5.97 Å². The number of hydrogen-bond acceptors (Lipinski definition) is 7. The van der Waals surface area contributed by atoms with Gasteiger partial charge in [0, 0.05) is 31.6 Å². The number of hydrogen-bond donors (Lipinski definition) is 0. The van der Waals surface area contributed by atoms with Gasteiger partial charge in [-0.1, -0.05) is 12.5 Å². The molecule has 1 amide bonds. The molecule has 0 unspecified atom stereocenters. The van der Waals surface area contributed by atoms with Crippen molar-refractivity contribution in [2.75, 3.05) is 52.6 Å². The number of fused-ring (bicyclic) bond motifs is 2. The molecule has 3 heterocycles. The lowest BCUT2D eigenvalue weighted by atomic mass is 9.74. The highest BCUT2D eigenvalue weighted by molar-refractivity contribution is 7.88. The smallest absolute Gasteiger partial charge is 0.339 e. The third kappa shape index (κ3) is 5.13. The van der Waals surface area contributed by atoms with Crippen LogP contribution in [0.3, 0.4) is 0 Å². The number of rotatable bonds is 7. The summed E-state index contributed by atoms with van der Waals surface area (Å²) in [5.41, 5.74) is 0.711. The predicted molar refractivity (Wildman–Crippen MR) is 134 cm³/mol. The van der Waals surface area contributed by atoms with E-state index in [0.717, 1.165) is 31.7 Å². The number of carbonyl (C=O) groups is 2. The molecule has 36 heavy (non-hydrogen) atoms. The van der Waals surface area contributed by atoms with Gasteiger partial charge in [0.05, 0.1) is 24.9 Å². The van der Waals surface area contributed by atoms with Crippen molar-refractivity contribution in [1.82, 2.24) is 14.1 Å². The molecule has 0 atom stereocenters. The number of ether oxygens (including phenoxy) is 2. The summed E-state index contributed by atoms with van der Waals surface area (Å²) < 4.78 is 36.3.